The largest absolute Gasteiger partial charge is 0.494 e. The lowest BCUT2D eigenvalue weighted by molar-refractivity contribution is 0.00578. The molecule has 0 amide bonds. The van der Waals surface area contributed by atoms with Crippen LogP contribution in [-0.2, 0) is 9.31 Å². The van der Waals surface area contributed by atoms with E-state index in [0.29, 0.717) is 0 Å². The van der Waals surface area contributed by atoms with E-state index in [2.05, 4.69) is 55.5 Å². The Balaban J connectivity index is 1.89. The summed E-state index contributed by atoms with van der Waals surface area (Å²) in [7, 11) is 1.54. The molecule has 6 heteroatoms. The van der Waals surface area contributed by atoms with Gasteiger partial charge in [-0.3, -0.25) is 0 Å². The minimum Gasteiger partial charge on any atom is -0.399 e. The van der Waals surface area contributed by atoms with Gasteiger partial charge in [0.2, 0.25) is 0 Å². The third-order valence-corrected chi connectivity index (χ3v) is 5.29. The molecule has 1 fully saturated rings. The van der Waals surface area contributed by atoms with Crippen molar-refractivity contribution in [3.8, 4) is 11.3 Å². The number of nitrogens with one attached hydrogen (secondary N) is 1. The van der Waals surface area contributed by atoms with Crippen molar-refractivity contribution in [2.24, 2.45) is 0 Å². The Morgan fingerprint density at radius 2 is 1.82 bits per heavy atom. The van der Waals surface area contributed by atoms with Gasteiger partial charge in [-0.2, -0.15) is 0 Å². The van der Waals surface area contributed by atoms with E-state index >= 15 is 0 Å². The molecule has 0 spiro atoms. The SMILES string of the molecule is CNc1nc(-c2cccc(B3OC(C)(C)C(C)(C)O3)c2)cs1. The summed E-state index contributed by atoms with van der Waals surface area (Å²) in [4.78, 5) is 4.55. The zero-order valence-corrected chi connectivity index (χ0v) is 14.5. The van der Waals surface area contributed by atoms with Crippen LogP contribution in [0, 0.1) is 0 Å². The maximum Gasteiger partial charge on any atom is 0.494 e. The van der Waals surface area contributed by atoms with Crippen molar-refractivity contribution < 1.29 is 9.31 Å². The molecule has 1 aliphatic heterocycles. The molecule has 1 aromatic heterocycles. The van der Waals surface area contributed by atoms with Crippen molar-refractivity contribution in [3.05, 3.63) is 29.6 Å². The zero-order valence-electron chi connectivity index (χ0n) is 13.6. The van der Waals surface area contributed by atoms with Crippen LogP contribution in [0.4, 0.5) is 5.13 Å². The standard InChI is InChI=1S/C16H21BN2O2S/c1-15(2)16(3,4)21-17(20-15)12-8-6-7-11(9-12)13-10-22-14(18-5)19-13/h6-10H,1-5H3,(H,18,19). The molecular formula is C16H21BN2O2S. The second-order valence-electron chi connectivity index (χ2n) is 6.50. The number of aromatic nitrogens is 1. The number of benzene rings is 1. The zero-order chi connectivity index (χ0) is 16.0. The molecule has 0 unspecified atom stereocenters. The molecule has 0 radical (unpaired) electrons. The van der Waals surface area contributed by atoms with E-state index in [1.165, 1.54) is 0 Å². The summed E-state index contributed by atoms with van der Waals surface area (Å²) in [6.07, 6.45) is 0. The molecule has 116 valence electrons. The van der Waals surface area contributed by atoms with Crippen LogP contribution in [0.2, 0.25) is 0 Å². The fourth-order valence-electron chi connectivity index (χ4n) is 2.34. The lowest BCUT2D eigenvalue weighted by atomic mass is 9.78. The Labute approximate surface area is 136 Å². The van der Waals surface area contributed by atoms with Crippen LogP contribution in [0.1, 0.15) is 27.7 Å². The summed E-state index contributed by atoms with van der Waals surface area (Å²) in [5, 5.41) is 6.03. The number of hydrogen-bond donors (Lipinski definition) is 1. The fourth-order valence-corrected chi connectivity index (χ4v) is 3.03. The molecule has 2 aromatic rings. The molecule has 1 N–H and O–H groups in total. The van der Waals surface area contributed by atoms with Crippen molar-refractivity contribution in [2.45, 2.75) is 38.9 Å². The predicted octanol–water partition coefficient (Wildman–Crippen LogP) is 3.15. The molecule has 4 nitrogen and oxygen atoms in total. The third kappa shape index (κ3) is 2.66. The van der Waals surface area contributed by atoms with E-state index in [1.54, 1.807) is 11.3 Å². The van der Waals surface area contributed by atoms with Gasteiger partial charge in [0.25, 0.3) is 0 Å². The van der Waals surface area contributed by atoms with Crippen LogP contribution < -0.4 is 10.8 Å². The highest BCUT2D eigenvalue weighted by Crippen LogP contribution is 2.36. The minimum absolute atomic E-state index is 0.326. The van der Waals surface area contributed by atoms with Crippen LogP contribution in [0.3, 0.4) is 0 Å². The molecule has 0 bridgehead atoms. The number of anilines is 1. The second kappa shape index (κ2) is 5.37. The van der Waals surface area contributed by atoms with Gasteiger partial charge in [-0.15, -0.1) is 11.3 Å². The van der Waals surface area contributed by atoms with Gasteiger partial charge in [0.1, 0.15) is 0 Å². The average Bonchev–Trinajstić information content (AvgIpc) is 3.02. The minimum atomic E-state index is -0.340. The van der Waals surface area contributed by atoms with E-state index in [0.717, 1.165) is 21.9 Å². The van der Waals surface area contributed by atoms with E-state index in [4.69, 9.17) is 9.31 Å². The van der Waals surface area contributed by atoms with Crippen molar-refractivity contribution in [1.29, 1.82) is 0 Å². The van der Waals surface area contributed by atoms with Gasteiger partial charge in [0, 0.05) is 18.0 Å². The summed E-state index contributed by atoms with van der Waals surface area (Å²) in [5.74, 6) is 0. The smallest absolute Gasteiger partial charge is 0.399 e. The van der Waals surface area contributed by atoms with Gasteiger partial charge in [-0.1, -0.05) is 24.3 Å². The van der Waals surface area contributed by atoms with Gasteiger partial charge in [-0.05, 0) is 33.2 Å². The van der Waals surface area contributed by atoms with E-state index in [1.807, 2.05) is 19.2 Å². The summed E-state index contributed by atoms with van der Waals surface area (Å²) >= 11 is 1.60. The number of nitrogens with zero attached hydrogens (tertiary/aromatic N) is 1. The van der Waals surface area contributed by atoms with Crippen molar-refractivity contribution >= 4 is 29.0 Å². The van der Waals surface area contributed by atoms with E-state index < -0.39 is 0 Å². The molecule has 1 aliphatic rings. The second-order valence-corrected chi connectivity index (χ2v) is 7.36. The molecule has 22 heavy (non-hydrogen) atoms. The Hall–Kier alpha value is -1.37. The maximum atomic E-state index is 6.11. The van der Waals surface area contributed by atoms with Gasteiger partial charge in [0.05, 0.1) is 16.9 Å². The Bertz CT molecular complexity index is 668. The van der Waals surface area contributed by atoms with Gasteiger partial charge in [0.15, 0.2) is 5.13 Å². The third-order valence-electron chi connectivity index (χ3n) is 4.43. The topological polar surface area (TPSA) is 43.4 Å². The number of hydrogen-bond acceptors (Lipinski definition) is 5. The highest BCUT2D eigenvalue weighted by molar-refractivity contribution is 7.14. The summed E-state index contributed by atoms with van der Waals surface area (Å²) < 4.78 is 12.2. The van der Waals surface area contributed by atoms with Crippen LogP contribution in [0.25, 0.3) is 11.3 Å². The number of thiazole rings is 1. The van der Waals surface area contributed by atoms with Crippen LogP contribution in [-0.4, -0.2) is 30.4 Å². The molecule has 2 heterocycles. The van der Waals surface area contributed by atoms with Gasteiger partial charge >= 0.3 is 7.12 Å². The van der Waals surface area contributed by atoms with Crippen molar-refractivity contribution in [3.63, 3.8) is 0 Å². The summed E-state index contributed by atoms with van der Waals surface area (Å²) in [6, 6.07) is 8.21. The van der Waals surface area contributed by atoms with Crippen molar-refractivity contribution in [1.82, 2.24) is 4.98 Å². The lowest BCUT2D eigenvalue weighted by Gasteiger charge is -2.32. The van der Waals surface area contributed by atoms with Gasteiger partial charge < -0.3 is 14.6 Å². The van der Waals surface area contributed by atoms with E-state index in [-0.39, 0.29) is 18.3 Å². The summed E-state index contributed by atoms with van der Waals surface area (Å²) in [6.45, 7) is 8.26. The molecule has 0 atom stereocenters. The Kier molecular flexibility index (Phi) is 3.79. The van der Waals surface area contributed by atoms with Crippen LogP contribution >= 0.6 is 11.3 Å². The lowest BCUT2D eigenvalue weighted by Crippen LogP contribution is -2.41. The fraction of sp³-hybridized carbons (Fsp3) is 0.438. The predicted molar refractivity (Wildman–Crippen MR) is 92.8 cm³/mol. The first-order valence-electron chi connectivity index (χ1n) is 7.42. The first kappa shape index (κ1) is 15.5. The molecule has 0 saturated carbocycles. The molecule has 1 saturated heterocycles. The average molecular weight is 316 g/mol. The first-order chi connectivity index (χ1) is 10.3. The molecule has 0 aliphatic carbocycles. The van der Waals surface area contributed by atoms with Gasteiger partial charge in [-0.25, -0.2) is 4.98 Å². The summed E-state index contributed by atoms with van der Waals surface area (Å²) in [5.41, 5.74) is 2.41. The Morgan fingerprint density at radius 1 is 1.14 bits per heavy atom. The quantitative estimate of drug-likeness (QED) is 0.884. The first-order valence-corrected chi connectivity index (χ1v) is 8.30. The Morgan fingerprint density at radius 3 is 2.41 bits per heavy atom. The maximum absolute atomic E-state index is 6.11. The van der Waals surface area contributed by atoms with Crippen LogP contribution in [0.5, 0.6) is 0 Å². The van der Waals surface area contributed by atoms with E-state index in [9.17, 15) is 0 Å². The molecule has 3 rings (SSSR count). The normalized spacial score (nSPS) is 19.4. The highest BCUT2D eigenvalue weighted by atomic mass is 32.1. The van der Waals surface area contributed by atoms with Crippen molar-refractivity contribution in [2.75, 3.05) is 12.4 Å². The number of rotatable bonds is 3. The highest BCUT2D eigenvalue weighted by Gasteiger charge is 2.51. The van der Waals surface area contributed by atoms with Crippen LogP contribution in [0.15, 0.2) is 29.6 Å². The monoisotopic (exact) mass is 316 g/mol. The molecule has 1 aromatic carbocycles. The molecular weight excluding hydrogens is 295 g/mol.